The number of halogens is 2. The number of hydrogen-bond donors (Lipinski definition) is 1. The molecule has 1 N–H and O–H groups in total. The van der Waals surface area contributed by atoms with Gasteiger partial charge in [0.15, 0.2) is 11.6 Å². The first-order valence-corrected chi connectivity index (χ1v) is 6.84. The zero-order chi connectivity index (χ0) is 13.9. The van der Waals surface area contributed by atoms with Crippen molar-refractivity contribution in [3.63, 3.8) is 0 Å². The minimum absolute atomic E-state index is 0.0502. The second-order valence-electron chi connectivity index (χ2n) is 5.30. The highest BCUT2D eigenvalue weighted by Gasteiger charge is 2.41. The molecule has 2 atom stereocenters. The van der Waals surface area contributed by atoms with Crippen LogP contribution in [0.3, 0.4) is 0 Å². The smallest absolute Gasteiger partial charge is 0.162 e. The van der Waals surface area contributed by atoms with E-state index in [-0.39, 0.29) is 11.5 Å². The average molecular weight is 269 g/mol. The predicted molar refractivity (Wildman–Crippen MR) is 71.1 cm³/mol. The van der Waals surface area contributed by atoms with Crippen molar-refractivity contribution in [3.8, 4) is 0 Å². The van der Waals surface area contributed by atoms with Crippen LogP contribution in [0.15, 0.2) is 18.2 Å². The Hall–Kier alpha value is -1.00. The topological polar surface area (TPSA) is 21.3 Å². The van der Waals surface area contributed by atoms with Crippen LogP contribution in [-0.2, 0) is 11.2 Å². The molecule has 2 unspecified atom stereocenters. The largest absolute Gasteiger partial charge is 0.378 e. The van der Waals surface area contributed by atoms with E-state index in [1.54, 1.807) is 12.1 Å². The van der Waals surface area contributed by atoms with Crippen molar-refractivity contribution in [2.75, 3.05) is 19.7 Å². The summed E-state index contributed by atoms with van der Waals surface area (Å²) in [5.74, 6) is -1.50. The summed E-state index contributed by atoms with van der Waals surface area (Å²) in [5, 5.41) is 3.32. The normalized spacial score (nSPS) is 26.8. The maximum atomic E-state index is 13.8. The van der Waals surface area contributed by atoms with Crippen molar-refractivity contribution in [1.29, 1.82) is 0 Å². The number of benzene rings is 1. The molecule has 4 heteroatoms. The highest BCUT2D eigenvalue weighted by atomic mass is 19.2. The lowest BCUT2D eigenvalue weighted by atomic mass is 9.76. The third-order valence-electron chi connectivity index (χ3n) is 4.13. The van der Waals surface area contributed by atoms with Crippen LogP contribution in [0.2, 0.25) is 0 Å². The van der Waals surface area contributed by atoms with Gasteiger partial charge >= 0.3 is 0 Å². The Morgan fingerprint density at radius 3 is 2.84 bits per heavy atom. The molecule has 0 radical (unpaired) electrons. The maximum Gasteiger partial charge on any atom is 0.162 e. The van der Waals surface area contributed by atoms with Gasteiger partial charge in [0.1, 0.15) is 0 Å². The molecule has 19 heavy (non-hydrogen) atoms. The van der Waals surface area contributed by atoms with Gasteiger partial charge in [-0.05, 0) is 37.9 Å². The molecule has 1 saturated heterocycles. The van der Waals surface area contributed by atoms with E-state index in [0.717, 1.165) is 25.6 Å². The zero-order valence-corrected chi connectivity index (χ0v) is 11.5. The van der Waals surface area contributed by atoms with Crippen LogP contribution in [0.5, 0.6) is 0 Å². The molecule has 0 bridgehead atoms. The van der Waals surface area contributed by atoms with Crippen molar-refractivity contribution in [2.45, 2.75) is 32.8 Å². The van der Waals surface area contributed by atoms with Gasteiger partial charge in [-0.2, -0.15) is 0 Å². The Morgan fingerprint density at radius 1 is 1.42 bits per heavy atom. The molecule has 1 aromatic carbocycles. The van der Waals surface area contributed by atoms with E-state index in [2.05, 4.69) is 5.32 Å². The second kappa shape index (κ2) is 5.97. The third-order valence-corrected chi connectivity index (χ3v) is 4.13. The molecule has 1 fully saturated rings. The first kappa shape index (κ1) is 14.4. The molecule has 1 aliphatic rings. The van der Waals surface area contributed by atoms with E-state index in [1.807, 2.05) is 13.8 Å². The number of ether oxygens (including phenoxy) is 1. The van der Waals surface area contributed by atoms with Gasteiger partial charge in [-0.25, -0.2) is 8.78 Å². The molecule has 106 valence electrons. The first-order chi connectivity index (χ1) is 9.09. The number of hydrogen-bond acceptors (Lipinski definition) is 2. The van der Waals surface area contributed by atoms with Gasteiger partial charge in [0.25, 0.3) is 0 Å². The van der Waals surface area contributed by atoms with E-state index >= 15 is 0 Å². The van der Waals surface area contributed by atoms with Gasteiger partial charge in [-0.1, -0.05) is 19.1 Å². The first-order valence-electron chi connectivity index (χ1n) is 6.84. The minimum Gasteiger partial charge on any atom is -0.378 e. The molecular weight excluding hydrogens is 248 g/mol. The van der Waals surface area contributed by atoms with Crippen LogP contribution in [0.4, 0.5) is 8.78 Å². The summed E-state index contributed by atoms with van der Waals surface area (Å²) >= 11 is 0. The van der Waals surface area contributed by atoms with Crippen LogP contribution in [0.25, 0.3) is 0 Å². The lowest BCUT2D eigenvalue weighted by Crippen LogP contribution is -2.41. The van der Waals surface area contributed by atoms with E-state index in [0.29, 0.717) is 18.6 Å². The fraction of sp³-hybridized carbons (Fsp3) is 0.600. The minimum atomic E-state index is -0.775. The molecule has 1 heterocycles. The molecule has 2 rings (SSSR count). The maximum absolute atomic E-state index is 13.8. The monoisotopic (exact) mass is 269 g/mol. The summed E-state index contributed by atoms with van der Waals surface area (Å²) in [6.45, 7) is 6.36. The zero-order valence-electron chi connectivity index (χ0n) is 11.5. The summed E-state index contributed by atoms with van der Waals surface area (Å²) < 4.78 is 32.8. The molecule has 0 spiro atoms. The third kappa shape index (κ3) is 2.95. The summed E-state index contributed by atoms with van der Waals surface area (Å²) in [6, 6.07) is 4.39. The lowest BCUT2D eigenvalue weighted by Gasteiger charge is -2.32. The average Bonchev–Trinajstić information content (AvgIpc) is 2.75. The van der Waals surface area contributed by atoms with E-state index < -0.39 is 11.6 Å². The van der Waals surface area contributed by atoms with E-state index in [1.165, 1.54) is 0 Å². The highest BCUT2D eigenvalue weighted by Crippen LogP contribution is 2.38. The fourth-order valence-electron chi connectivity index (χ4n) is 2.78. The van der Waals surface area contributed by atoms with Gasteiger partial charge in [0.2, 0.25) is 0 Å². The van der Waals surface area contributed by atoms with E-state index in [9.17, 15) is 8.78 Å². The fourth-order valence-corrected chi connectivity index (χ4v) is 2.78. The quantitative estimate of drug-likeness (QED) is 0.887. The van der Waals surface area contributed by atoms with Crippen molar-refractivity contribution in [1.82, 2.24) is 5.32 Å². The van der Waals surface area contributed by atoms with Gasteiger partial charge in [-0.15, -0.1) is 0 Å². The molecule has 1 aliphatic heterocycles. The second-order valence-corrected chi connectivity index (χ2v) is 5.30. The van der Waals surface area contributed by atoms with Crippen LogP contribution >= 0.6 is 0 Å². The van der Waals surface area contributed by atoms with E-state index in [4.69, 9.17) is 4.74 Å². The summed E-state index contributed by atoms with van der Waals surface area (Å²) in [7, 11) is 0. The van der Waals surface area contributed by atoms with Gasteiger partial charge in [-0.3, -0.25) is 0 Å². The van der Waals surface area contributed by atoms with Gasteiger partial charge < -0.3 is 10.1 Å². The van der Waals surface area contributed by atoms with Crippen molar-refractivity contribution in [3.05, 3.63) is 35.4 Å². The van der Waals surface area contributed by atoms with Crippen molar-refractivity contribution in [2.24, 2.45) is 5.41 Å². The summed E-state index contributed by atoms with van der Waals surface area (Å²) in [4.78, 5) is 0. The Morgan fingerprint density at radius 2 is 2.21 bits per heavy atom. The predicted octanol–water partition coefficient (Wildman–Crippen LogP) is 2.91. The van der Waals surface area contributed by atoms with Crippen LogP contribution in [0, 0.1) is 17.0 Å². The van der Waals surface area contributed by atoms with Gasteiger partial charge in [0.05, 0.1) is 6.10 Å². The Bertz CT molecular complexity index is 438. The molecule has 0 aliphatic carbocycles. The Balaban J connectivity index is 2.23. The Kier molecular flexibility index (Phi) is 4.53. The summed E-state index contributed by atoms with van der Waals surface area (Å²) in [6.07, 6.45) is 1.43. The number of rotatable bonds is 5. The standard InChI is InChI=1S/C15H21F2NO/c1-3-18-10-15(7-8-19-11(15)2)9-12-5-4-6-13(16)14(12)17/h4-6,11,18H,3,7-10H2,1-2H3. The molecule has 0 aromatic heterocycles. The van der Waals surface area contributed by atoms with Crippen LogP contribution < -0.4 is 5.32 Å². The van der Waals surface area contributed by atoms with Crippen LogP contribution in [0.1, 0.15) is 25.8 Å². The molecule has 2 nitrogen and oxygen atoms in total. The SMILES string of the molecule is CCNCC1(Cc2cccc(F)c2F)CCOC1C. The molecule has 0 amide bonds. The van der Waals surface area contributed by atoms with Crippen molar-refractivity contribution >= 4 is 0 Å². The highest BCUT2D eigenvalue weighted by molar-refractivity contribution is 5.21. The Labute approximate surface area is 113 Å². The molecular formula is C15H21F2NO. The number of nitrogens with one attached hydrogen (secondary N) is 1. The molecule has 0 saturated carbocycles. The summed E-state index contributed by atoms with van der Waals surface area (Å²) in [5.41, 5.74) is 0.292. The lowest BCUT2D eigenvalue weighted by molar-refractivity contribution is 0.0628. The molecule has 1 aromatic rings. The van der Waals surface area contributed by atoms with Crippen LogP contribution in [-0.4, -0.2) is 25.8 Å². The van der Waals surface area contributed by atoms with Gasteiger partial charge in [0, 0.05) is 18.6 Å². The van der Waals surface area contributed by atoms with Crippen molar-refractivity contribution < 1.29 is 13.5 Å².